The van der Waals surface area contributed by atoms with E-state index < -0.39 is 0 Å². The van der Waals surface area contributed by atoms with E-state index in [9.17, 15) is 9.18 Å². The highest BCUT2D eigenvalue weighted by Crippen LogP contribution is 2.10. The molecule has 0 amide bonds. The van der Waals surface area contributed by atoms with Crippen LogP contribution in [0, 0.1) is 12.7 Å². The van der Waals surface area contributed by atoms with Gasteiger partial charge in [-0.05, 0) is 24.1 Å². The van der Waals surface area contributed by atoms with Gasteiger partial charge in [0.25, 0.3) is 0 Å². The Hall–Kier alpha value is -0.890. The molecule has 0 radical (unpaired) electrons. The Morgan fingerprint density at radius 3 is 2.77 bits per heavy atom. The van der Waals surface area contributed by atoms with Gasteiger partial charge >= 0.3 is 0 Å². The van der Waals surface area contributed by atoms with E-state index >= 15 is 0 Å². The van der Waals surface area contributed by atoms with Crippen molar-refractivity contribution in [2.75, 3.05) is 5.88 Å². The maximum Gasteiger partial charge on any atom is 0.151 e. The van der Waals surface area contributed by atoms with Gasteiger partial charge in [-0.25, -0.2) is 4.39 Å². The third kappa shape index (κ3) is 2.81. The topological polar surface area (TPSA) is 17.1 Å². The average Bonchev–Trinajstić information content (AvgIpc) is 2.11. The molecular formula is C10H10ClFO. The van der Waals surface area contributed by atoms with Gasteiger partial charge in [-0.3, -0.25) is 4.79 Å². The number of alkyl halides is 1. The Kier molecular flexibility index (Phi) is 3.43. The lowest BCUT2D eigenvalue weighted by atomic mass is 10.1. The number of carbonyl (C=O) groups excluding carboxylic acids is 1. The van der Waals surface area contributed by atoms with Gasteiger partial charge in [0.05, 0.1) is 5.88 Å². The normalized spacial score (nSPS) is 10.1. The van der Waals surface area contributed by atoms with Crippen LogP contribution in [0.3, 0.4) is 0 Å². The molecule has 0 spiro atoms. The second kappa shape index (κ2) is 4.38. The summed E-state index contributed by atoms with van der Waals surface area (Å²) in [4.78, 5) is 11.0. The number of halogens is 2. The number of rotatable bonds is 3. The van der Waals surface area contributed by atoms with Gasteiger partial charge in [0.1, 0.15) is 5.82 Å². The summed E-state index contributed by atoms with van der Waals surface area (Å²) in [6.07, 6.45) is 0.282. The smallest absolute Gasteiger partial charge is 0.151 e. The molecule has 0 unspecified atom stereocenters. The van der Waals surface area contributed by atoms with Crippen molar-refractivity contribution < 1.29 is 9.18 Å². The van der Waals surface area contributed by atoms with Crippen LogP contribution in [0.15, 0.2) is 18.2 Å². The number of aryl methyl sites for hydroxylation is 1. The summed E-state index contributed by atoms with van der Waals surface area (Å²) in [6.45, 7) is 1.67. The van der Waals surface area contributed by atoms with Crippen LogP contribution >= 0.6 is 11.6 Å². The first-order valence-electron chi connectivity index (χ1n) is 3.96. The van der Waals surface area contributed by atoms with E-state index in [1.165, 1.54) is 6.07 Å². The fourth-order valence-corrected chi connectivity index (χ4v) is 1.19. The lowest BCUT2D eigenvalue weighted by Gasteiger charge is -2.01. The number of hydrogen-bond donors (Lipinski definition) is 0. The predicted molar refractivity (Wildman–Crippen MR) is 50.6 cm³/mol. The molecule has 1 nitrogen and oxygen atoms in total. The van der Waals surface area contributed by atoms with E-state index in [2.05, 4.69) is 0 Å². The van der Waals surface area contributed by atoms with E-state index in [4.69, 9.17) is 11.6 Å². The molecule has 13 heavy (non-hydrogen) atoms. The lowest BCUT2D eigenvalue weighted by Crippen LogP contribution is -2.04. The highest BCUT2D eigenvalue weighted by atomic mass is 35.5. The van der Waals surface area contributed by atoms with Crippen LogP contribution in [0.25, 0.3) is 0 Å². The highest BCUT2D eigenvalue weighted by molar-refractivity contribution is 6.27. The molecule has 0 atom stereocenters. The Bertz CT molecular complexity index is 323. The van der Waals surface area contributed by atoms with Crippen LogP contribution in [0.4, 0.5) is 4.39 Å². The molecule has 0 fully saturated rings. The van der Waals surface area contributed by atoms with E-state index in [0.29, 0.717) is 5.56 Å². The second-order valence-corrected chi connectivity index (χ2v) is 3.20. The van der Waals surface area contributed by atoms with Crippen molar-refractivity contribution in [1.82, 2.24) is 0 Å². The van der Waals surface area contributed by atoms with Gasteiger partial charge < -0.3 is 0 Å². The highest BCUT2D eigenvalue weighted by Gasteiger charge is 2.03. The molecule has 3 heteroatoms. The average molecular weight is 201 g/mol. The zero-order chi connectivity index (χ0) is 9.84. The Balaban J connectivity index is 2.79. The Morgan fingerprint density at radius 1 is 1.54 bits per heavy atom. The van der Waals surface area contributed by atoms with Crippen LogP contribution in [0.5, 0.6) is 0 Å². The third-order valence-electron chi connectivity index (χ3n) is 1.77. The van der Waals surface area contributed by atoms with Crippen molar-refractivity contribution >= 4 is 17.4 Å². The summed E-state index contributed by atoms with van der Waals surface area (Å²) in [5.74, 6) is -0.286. The summed E-state index contributed by atoms with van der Waals surface area (Å²) < 4.78 is 12.8. The minimum Gasteiger partial charge on any atom is -0.298 e. The number of Topliss-reactive ketones (excluding diaryl/α,β-unsaturated/α-hetero) is 1. The van der Waals surface area contributed by atoms with E-state index in [-0.39, 0.29) is 23.9 Å². The summed E-state index contributed by atoms with van der Waals surface area (Å²) in [7, 11) is 0. The monoisotopic (exact) mass is 200 g/mol. The second-order valence-electron chi connectivity index (χ2n) is 2.93. The maximum atomic E-state index is 12.8. The molecule has 0 saturated heterocycles. The third-order valence-corrected chi connectivity index (χ3v) is 2.07. The molecule has 1 rings (SSSR count). The first-order valence-corrected chi connectivity index (χ1v) is 4.49. The molecule has 0 aliphatic carbocycles. The number of carbonyl (C=O) groups is 1. The minimum atomic E-state index is -0.248. The van der Waals surface area contributed by atoms with Crippen molar-refractivity contribution in [2.45, 2.75) is 13.3 Å². The number of hydrogen-bond acceptors (Lipinski definition) is 1. The number of benzene rings is 1. The SMILES string of the molecule is Cc1cc(CC(=O)CCl)ccc1F. The van der Waals surface area contributed by atoms with Gasteiger partial charge in [-0.15, -0.1) is 11.6 Å². The number of ketones is 1. The van der Waals surface area contributed by atoms with E-state index in [0.717, 1.165) is 5.56 Å². The standard InChI is InChI=1S/C10H10ClFO/c1-7-4-8(2-3-10(7)12)5-9(13)6-11/h2-4H,5-6H2,1H3. The van der Waals surface area contributed by atoms with Crippen LogP contribution in [-0.4, -0.2) is 11.7 Å². The lowest BCUT2D eigenvalue weighted by molar-refractivity contribution is -0.116. The van der Waals surface area contributed by atoms with Crippen LogP contribution in [0.2, 0.25) is 0 Å². The molecule has 1 aromatic rings. The van der Waals surface area contributed by atoms with Crippen molar-refractivity contribution in [3.63, 3.8) is 0 Å². The van der Waals surface area contributed by atoms with E-state index in [1.807, 2.05) is 0 Å². The maximum absolute atomic E-state index is 12.8. The van der Waals surface area contributed by atoms with Gasteiger partial charge in [-0.1, -0.05) is 12.1 Å². The van der Waals surface area contributed by atoms with Crippen molar-refractivity contribution in [1.29, 1.82) is 0 Å². The minimum absolute atomic E-state index is 0.0103. The van der Waals surface area contributed by atoms with Gasteiger partial charge in [0.2, 0.25) is 0 Å². The van der Waals surface area contributed by atoms with Gasteiger partial charge in [-0.2, -0.15) is 0 Å². The van der Waals surface area contributed by atoms with E-state index in [1.54, 1.807) is 19.1 Å². The van der Waals surface area contributed by atoms with Crippen LogP contribution in [0.1, 0.15) is 11.1 Å². The Morgan fingerprint density at radius 2 is 2.23 bits per heavy atom. The molecule has 0 aliphatic heterocycles. The molecule has 70 valence electrons. The quantitative estimate of drug-likeness (QED) is 0.686. The summed E-state index contributed by atoms with van der Waals surface area (Å²) >= 11 is 5.35. The van der Waals surface area contributed by atoms with Crippen molar-refractivity contribution in [3.8, 4) is 0 Å². The fourth-order valence-electron chi connectivity index (χ4n) is 1.09. The molecule has 0 heterocycles. The molecule has 0 N–H and O–H groups in total. The van der Waals surface area contributed by atoms with Crippen LogP contribution in [-0.2, 0) is 11.2 Å². The summed E-state index contributed by atoms with van der Waals surface area (Å²) in [5.41, 5.74) is 1.37. The Labute approximate surface area is 81.5 Å². The molecule has 0 bridgehead atoms. The largest absolute Gasteiger partial charge is 0.298 e. The van der Waals surface area contributed by atoms with Gasteiger partial charge in [0, 0.05) is 6.42 Å². The van der Waals surface area contributed by atoms with Crippen LogP contribution < -0.4 is 0 Å². The first-order chi connectivity index (χ1) is 6.13. The zero-order valence-corrected chi connectivity index (χ0v) is 8.07. The van der Waals surface area contributed by atoms with Crippen molar-refractivity contribution in [2.24, 2.45) is 0 Å². The first kappa shape index (κ1) is 10.2. The summed E-state index contributed by atoms with van der Waals surface area (Å²) in [6, 6.07) is 4.64. The fraction of sp³-hybridized carbons (Fsp3) is 0.300. The summed E-state index contributed by atoms with van der Waals surface area (Å²) in [5, 5.41) is 0. The molecule has 0 aliphatic rings. The molecule has 1 aromatic carbocycles. The predicted octanol–water partition coefficient (Wildman–Crippen LogP) is 2.48. The molecule has 0 aromatic heterocycles. The van der Waals surface area contributed by atoms with Crippen molar-refractivity contribution in [3.05, 3.63) is 35.1 Å². The van der Waals surface area contributed by atoms with Gasteiger partial charge in [0.15, 0.2) is 5.78 Å². The molecule has 0 saturated carbocycles. The zero-order valence-electron chi connectivity index (χ0n) is 7.31. The molecular weight excluding hydrogens is 191 g/mol.